The number of hydrogen-bond acceptors (Lipinski definition) is 4. The van der Waals surface area contributed by atoms with E-state index in [1.165, 1.54) is 18.2 Å². The Morgan fingerprint density at radius 2 is 1.95 bits per heavy atom. The molecule has 0 radical (unpaired) electrons. The third-order valence-corrected chi connectivity index (χ3v) is 3.51. The van der Waals surface area contributed by atoms with Crippen LogP contribution in [0.15, 0.2) is 42.5 Å². The molecule has 0 bridgehead atoms. The largest absolute Gasteiger partial charge is 0.373 e. The van der Waals surface area contributed by atoms with Gasteiger partial charge in [-0.25, -0.2) is 0 Å². The highest BCUT2D eigenvalue weighted by molar-refractivity contribution is 5.94. The number of amides is 1. The lowest BCUT2D eigenvalue weighted by Gasteiger charge is -2.18. The summed E-state index contributed by atoms with van der Waals surface area (Å²) in [6, 6.07) is 11.9. The summed E-state index contributed by atoms with van der Waals surface area (Å²) in [5.74, 6) is -0.693. The maximum Gasteiger partial charge on any atom is 0.293 e. The second-order valence-corrected chi connectivity index (χ2v) is 5.08. The van der Waals surface area contributed by atoms with Crippen molar-refractivity contribution in [3.63, 3.8) is 0 Å². The summed E-state index contributed by atoms with van der Waals surface area (Å²) < 4.78 is 0. The Hall–Kier alpha value is -2.89. The average molecular weight is 299 g/mol. The van der Waals surface area contributed by atoms with Gasteiger partial charge >= 0.3 is 0 Å². The summed E-state index contributed by atoms with van der Waals surface area (Å²) in [4.78, 5) is 21.8. The normalized spacial score (nSPS) is 11.7. The monoisotopic (exact) mass is 299 g/mol. The highest BCUT2D eigenvalue weighted by Crippen LogP contribution is 2.30. The number of carbonyl (C=O) groups excluding carboxylic acids is 1. The fraction of sp³-hybridized carbons (Fsp3) is 0.188. The maximum absolute atomic E-state index is 11.2. The molecular weight excluding hydrogens is 282 g/mol. The number of hydrogen-bond donors (Lipinski definition) is 2. The number of anilines is 1. The predicted molar refractivity (Wildman–Crippen MR) is 84.8 cm³/mol. The van der Waals surface area contributed by atoms with Gasteiger partial charge in [0.05, 0.1) is 4.92 Å². The van der Waals surface area contributed by atoms with Crippen molar-refractivity contribution in [3.8, 4) is 0 Å². The molecule has 0 fully saturated rings. The molecule has 2 rings (SSSR count). The van der Waals surface area contributed by atoms with Crippen LogP contribution >= 0.6 is 0 Å². The molecule has 0 heterocycles. The van der Waals surface area contributed by atoms with E-state index in [0.29, 0.717) is 5.69 Å². The summed E-state index contributed by atoms with van der Waals surface area (Å²) in [5.41, 5.74) is 7.61. The van der Waals surface area contributed by atoms with E-state index < -0.39 is 10.8 Å². The molecule has 1 amide bonds. The Morgan fingerprint density at radius 3 is 2.55 bits per heavy atom. The number of benzene rings is 2. The van der Waals surface area contributed by atoms with Crippen LogP contribution in [0.3, 0.4) is 0 Å². The van der Waals surface area contributed by atoms with Crippen molar-refractivity contribution in [2.75, 3.05) is 5.32 Å². The van der Waals surface area contributed by atoms with E-state index in [1.807, 2.05) is 38.1 Å². The molecule has 0 saturated heterocycles. The summed E-state index contributed by atoms with van der Waals surface area (Å²) in [7, 11) is 0. The zero-order valence-electron chi connectivity index (χ0n) is 12.4. The Bertz CT molecular complexity index is 728. The highest BCUT2D eigenvalue weighted by atomic mass is 16.6. The maximum atomic E-state index is 11.2. The minimum atomic E-state index is -0.693. The third kappa shape index (κ3) is 3.22. The van der Waals surface area contributed by atoms with Crippen LogP contribution in [0.5, 0.6) is 0 Å². The fourth-order valence-electron chi connectivity index (χ4n) is 2.34. The van der Waals surface area contributed by atoms with Crippen LogP contribution in [0, 0.1) is 17.0 Å². The molecular formula is C16H17N3O3. The number of primary amides is 1. The first-order valence-corrected chi connectivity index (χ1v) is 6.80. The molecule has 0 aromatic heterocycles. The van der Waals surface area contributed by atoms with Gasteiger partial charge in [0.15, 0.2) is 0 Å². The highest BCUT2D eigenvalue weighted by Gasteiger charge is 2.18. The number of carbonyl (C=O) groups is 1. The SMILES string of the molecule is Cc1ccccc1C(C)Nc1ccc(C(N)=O)cc1[N+](=O)[O-]. The van der Waals surface area contributed by atoms with E-state index in [1.54, 1.807) is 0 Å². The molecule has 1 atom stereocenters. The molecule has 0 aliphatic carbocycles. The van der Waals surface area contributed by atoms with Crippen molar-refractivity contribution in [1.29, 1.82) is 0 Å². The molecule has 114 valence electrons. The van der Waals surface area contributed by atoms with Crippen LogP contribution in [0.1, 0.15) is 34.5 Å². The number of nitro benzene ring substituents is 1. The number of nitrogens with two attached hydrogens (primary N) is 1. The van der Waals surface area contributed by atoms with Crippen molar-refractivity contribution < 1.29 is 9.72 Å². The Balaban J connectivity index is 2.35. The first-order chi connectivity index (χ1) is 10.4. The van der Waals surface area contributed by atoms with Gasteiger partial charge in [-0.05, 0) is 37.1 Å². The van der Waals surface area contributed by atoms with Gasteiger partial charge in [0.1, 0.15) is 5.69 Å². The van der Waals surface area contributed by atoms with E-state index >= 15 is 0 Å². The molecule has 6 nitrogen and oxygen atoms in total. The molecule has 0 spiro atoms. The van der Waals surface area contributed by atoms with Crippen LogP contribution in [-0.4, -0.2) is 10.8 Å². The van der Waals surface area contributed by atoms with E-state index in [0.717, 1.165) is 11.1 Å². The van der Waals surface area contributed by atoms with Gasteiger partial charge < -0.3 is 11.1 Å². The smallest absolute Gasteiger partial charge is 0.293 e. The summed E-state index contributed by atoms with van der Waals surface area (Å²) >= 11 is 0. The van der Waals surface area contributed by atoms with E-state index in [-0.39, 0.29) is 17.3 Å². The number of nitrogens with zero attached hydrogens (tertiary/aromatic N) is 1. The van der Waals surface area contributed by atoms with Crippen LogP contribution in [0.25, 0.3) is 0 Å². The Kier molecular flexibility index (Phi) is 4.41. The summed E-state index contributed by atoms with van der Waals surface area (Å²) in [5, 5.41) is 14.3. The Morgan fingerprint density at radius 1 is 1.27 bits per heavy atom. The van der Waals surface area contributed by atoms with Crippen LogP contribution in [0.4, 0.5) is 11.4 Å². The van der Waals surface area contributed by atoms with Gasteiger partial charge in [0, 0.05) is 17.7 Å². The van der Waals surface area contributed by atoms with E-state index in [9.17, 15) is 14.9 Å². The van der Waals surface area contributed by atoms with Gasteiger partial charge in [-0.2, -0.15) is 0 Å². The summed E-state index contributed by atoms with van der Waals surface area (Å²) in [6.45, 7) is 3.91. The van der Waals surface area contributed by atoms with Crippen LogP contribution in [0.2, 0.25) is 0 Å². The number of nitrogens with one attached hydrogen (secondary N) is 1. The molecule has 0 aliphatic rings. The second kappa shape index (κ2) is 6.26. The molecule has 0 saturated carbocycles. The van der Waals surface area contributed by atoms with Gasteiger partial charge in [0.25, 0.3) is 5.69 Å². The Labute approximate surface area is 128 Å². The predicted octanol–water partition coefficient (Wildman–Crippen LogP) is 3.18. The van der Waals surface area contributed by atoms with Crippen LogP contribution in [-0.2, 0) is 0 Å². The molecule has 6 heteroatoms. The molecule has 2 aromatic rings. The molecule has 22 heavy (non-hydrogen) atoms. The zero-order chi connectivity index (χ0) is 16.3. The summed E-state index contributed by atoms with van der Waals surface area (Å²) in [6.07, 6.45) is 0. The lowest BCUT2D eigenvalue weighted by atomic mass is 10.0. The van der Waals surface area contributed by atoms with Crippen molar-refractivity contribution in [3.05, 3.63) is 69.3 Å². The first kappa shape index (κ1) is 15.5. The molecule has 2 aromatic carbocycles. The third-order valence-electron chi connectivity index (χ3n) is 3.51. The lowest BCUT2D eigenvalue weighted by molar-refractivity contribution is -0.384. The molecule has 0 aliphatic heterocycles. The minimum absolute atomic E-state index is 0.112. The van der Waals surface area contributed by atoms with Crippen molar-refractivity contribution in [1.82, 2.24) is 0 Å². The van der Waals surface area contributed by atoms with Gasteiger partial charge in [-0.3, -0.25) is 14.9 Å². The van der Waals surface area contributed by atoms with Crippen molar-refractivity contribution in [2.24, 2.45) is 5.73 Å². The fourth-order valence-corrected chi connectivity index (χ4v) is 2.34. The first-order valence-electron chi connectivity index (χ1n) is 6.80. The minimum Gasteiger partial charge on any atom is -0.373 e. The standard InChI is InChI=1S/C16H17N3O3/c1-10-5-3-4-6-13(10)11(2)18-14-8-7-12(16(17)20)9-15(14)19(21)22/h3-9,11,18H,1-2H3,(H2,17,20). The lowest BCUT2D eigenvalue weighted by Crippen LogP contribution is -2.13. The topological polar surface area (TPSA) is 98.3 Å². The number of rotatable bonds is 5. The van der Waals surface area contributed by atoms with Crippen LogP contribution < -0.4 is 11.1 Å². The van der Waals surface area contributed by atoms with Crippen molar-refractivity contribution in [2.45, 2.75) is 19.9 Å². The van der Waals surface area contributed by atoms with Gasteiger partial charge in [0.2, 0.25) is 5.91 Å². The second-order valence-electron chi connectivity index (χ2n) is 5.08. The number of aryl methyl sites for hydroxylation is 1. The quantitative estimate of drug-likeness (QED) is 0.654. The number of nitro groups is 1. The zero-order valence-corrected chi connectivity index (χ0v) is 12.4. The van der Waals surface area contributed by atoms with Crippen molar-refractivity contribution >= 4 is 17.3 Å². The molecule has 1 unspecified atom stereocenters. The molecule has 3 N–H and O–H groups in total. The van der Waals surface area contributed by atoms with E-state index in [2.05, 4.69) is 5.32 Å². The van der Waals surface area contributed by atoms with E-state index in [4.69, 9.17) is 5.73 Å². The van der Waals surface area contributed by atoms with Gasteiger partial charge in [-0.15, -0.1) is 0 Å². The average Bonchev–Trinajstić information content (AvgIpc) is 2.47. The van der Waals surface area contributed by atoms with Gasteiger partial charge in [-0.1, -0.05) is 24.3 Å².